The first-order chi connectivity index (χ1) is 11.3. The summed E-state index contributed by atoms with van der Waals surface area (Å²) in [5.74, 6) is 0.899. The summed E-state index contributed by atoms with van der Waals surface area (Å²) < 4.78 is 12.3. The van der Waals surface area contributed by atoms with Gasteiger partial charge in [-0.15, -0.1) is 0 Å². The third-order valence-corrected chi connectivity index (χ3v) is 4.44. The fraction of sp³-hybridized carbons (Fsp3) is 0.611. The Morgan fingerprint density at radius 3 is 2.71 bits per heavy atom. The van der Waals surface area contributed by atoms with Gasteiger partial charge in [-0.3, -0.25) is 4.90 Å². The molecular formula is C18H27IN2O3. The predicted octanol–water partition coefficient (Wildman–Crippen LogP) is 3.66. The van der Waals surface area contributed by atoms with Crippen LogP contribution in [-0.4, -0.2) is 48.9 Å². The molecule has 1 fully saturated rings. The van der Waals surface area contributed by atoms with Crippen LogP contribution in [0.1, 0.15) is 33.6 Å². The van der Waals surface area contributed by atoms with E-state index in [9.17, 15) is 4.79 Å². The molecule has 2 rings (SSSR count). The molecule has 6 heteroatoms. The molecule has 1 N–H and O–H groups in total. The molecule has 1 amide bonds. The molecule has 0 aliphatic carbocycles. The van der Waals surface area contributed by atoms with Crippen molar-refractivity contribution in [1.82, 2.24) is 10.2 Å². The second kappa shape index (κ2) is 8.89. The highest BCUT2D eigenvalue weighted by Crippen LogP contribution is 2.15. The Hall–Kier alpha value is -1.02. The molecule has 0 radical (unpaired) electrons. The van der Waals surface area contributed by atoms with E-state index in [4.69, 9.17) is 9.47 Å². The smallest absolute Gasteiger partial charge is 0.407 e. The van der Waals surface area contributed by atoms with E-state index in [2.05, 4.69) is 32.8 Å². The summed E-state index contributed by atoms with van der Waals surface area (Å²) >= 11 is 2.28. The fourth-order valence-electron chi connectivity index (χ4n) is 2.67. The van der Waals surface area contributed by atoms with Gasteiger partial charge in [0.15, 0.2) is 0 Å². The summed E-state index contributed by atoms with van der Waals surface area (Å²) in [7, 11) is 0. The molecule has 0 bridgehead atoms. The summed E-state index contributed by atoms with van der Waals surface area (Å²) in [6.07, 6.45) is 1.74. The molecule has 134 valence electrons. The number of hydrogen-bond acceptors (Lipinski definition) is 4. The maximum absolute atomic E-state index is 11.9. The quantitative estimate of drug-likeness (QED) is 0.702. The van der Waals surface area contributed by atoms with Crippen LogP contribution in [0.2, 0.25) is 0 Å². The average Bonchev–Trinajstić information content (AvgIpc) is 2.48. The Labute approximate surface area is 158 Å². The summed E-state index contributed by atoms with van der Waals surface area (Å²) in [5.41, 5.74) is -0.459. The van der Waals surface area contributed by atoms with Crippen molar-refractivity contribution in [3.63, 3.8) is 0 Å². The molecule has 0 spiro atoms. The average molecular weight is 446 g/mol. The zero-order chi connectivity index (χ0) is 17.6. The van der Waals surface area contributed by atoms with Crippen LogP contribution in [0, 0.1) is 3.57 Å². The van der Waals surface area contributed by atoms with Crippen LogP contribution in [0.15, 0.2) is 24.3 Å². The summed E-state index contributed by atoms with van der Waals surface area (Å²) in [6, 6.07) is 8.21. The molecule has 1 saturated heterocycles. The van der Waals surface area contributed by atoms with Gasteiger partial charge in [-0.25, -0.2) is 4.79 Å². The van der Waals surface area contributed by atoms with Crippen LogP contribution in [0.5, 0.6) is 5.75 Å². The number of hydrogen-bond donors (Lipinski definition) is 1. The number of carbonyl (C=O) groups is 1. The monoisotopic (exact) mass is 446 g/mol. The first kappa shape index (κ1) is 19.3. The minimum Gasteiger partial charge on any atom is -0.492 e. The molecule has 1 aromatic carbocycles. The van der Waals surface area contributed by atoms with E-state index in [1.54, 1.807) is 0 Å². The van der Waals surface area contributed by atoms with Gasteiger partial charge in [0.1, 0.15) is 18.0 Å². The number of amides is 1. The van der Waals surface area contributed by atoms with Gasteiger partial charge >= 0.3 is 6.09 Å². The van der Waals surface area contributed by atoms with E-state index >= 15 is 0 Å². The van der Waals surface area contributed by atoms with Gasteiger partial charge < -0.3 is 14.8 Å². The summed E-state index contributed by atoms with van der Waals surface area (Å²) in [5, 5.41) is 2.98. The third-order valence-electron chi connectivity index (χ3n) is 3.72. The van der Waals surface area contributed by atoms with Crippen molar-refractivity contribution in [1.29, 1.82) is 0 Å². The van der Waals surface area contributed by atoms with Gasteiger partial charge in [0.05, 0.1) is 0 Å². The van der Waals surface area contributed by atoms with E-state index in [1.807, 2.05) is 45.0 Å². The Morgan fingerprint density at radius 1 is 1.33 bits per heavy atom. The van der Waals surface area contributed by atoms with Crippen molar-refractivity contribution in [2.45, 2.75) is 45.3 Å². The number of halogens is 1. The lowest BCUT2D eigenvalue weighted by Crippen LogP contribution is -2.49. The second-order valence-electron chi connectivity index (χ2n) is 7.09. The van der Waals surface area contributed by atoms with Crippen molar-refractivity contribution < 1.29 is 14.3 Å². The molecule has 1 aromatic rings. The van der Waals surface area contributed by atoms with Crippen molar-refractivity contribution in [2.24, 2.45) is 0 Å². The molecule has 1 heterocycles. The van der Waals surface area contributed by atoms with E-state index in [0.717, 1.165) is 38.2 Å². The van der Waals surface area contributed by atoms with Crippen LogP contribution in [0.4, 0.5) is 4.79 Å². The highest BCUT2D eigenvalue weighted by Gasteiger charge is 2.24. The van der Waals surface area contributed by atoms with Crippen LogP contribution < -0.4 is 10.1 Å². The van der Waals surface area contributed by atoms with Crippen LogP contribution >= 0.6 is 22.6 Å². The highest BCUT2D eigenvalue weighted by molar-refractivity contribution is 14.1. The minimum atomic E-state index is -0.459. The normalized spacial score (nSPS) is 18.9. The van der Waals surface area contributed by atoms with Crippen LogP contribution in [0.25, 0.3) is 0 Å². The molecule has 1 aliphatic rings. The third kappa shape index (κ3) is 7.25. The van der Waals surface area contributed by atoms with E-state index in [-0.39, 0.29) is 12.1 Å². The molecule has 1 unspecified atom stereocenters. The number of piperidine rings is 1. The number of rotatable bonds is 5. The number of benzene rings is 1. The van der Waals surface area contributed by atoms with Gasteiger partial charge in [0, 0.05) is 22.7 Å². The lowest BCUT2D eigenvalue weighted by atomic mass is 10.1. The molecular weight excluding hydrogens is 419 g/mol. The SMILES string of the molecule is CC(C)(C)OC(=O)NC1CCCN(CCOc2ccc(I)cc2)C1. The Bertz CT molecular complexity index is 528. The van der Waals surface area contributed by atoms with Crippen LogP contribution in [0.3, 0.4) is 0 Å². The number of nitrogens with zero attached hydrogens (tertiary/aromatic N) is 1. The van der Waals surface area contributed by atoms with Crippen molar-refractivity contribution in [3.05, 3.63) is 27.8 Å². The standard InChI is InChI=1S/C18H27IN2O3/c1-18(2,3)24-17(22)20-15-5-4-10-21(13-15)11-12-23-16-8-6-14(19)7-9-16/h6-9,15H,4-5,10-13H2,1-3H3,(H,20,22). The minimum absolute atomic E-state index is 0.145. The second-order valence-corrected chi connectivity index (χ2v) is 8.33. The summed E-state index contributed by atoms with van der Waals surface area (Å²) in [4.78, 5) is 14.2. The zero-order valence-corrected chi connectivity index (χ0v) is 16.8. The van der Waals surface area contributed by atoms with Crippen molar-refractivity contribution in [3.8, 4) is 5.75 Å². The number of carbonyl (C=O) groups excluding carboxylic acids is 1. The number of nitrogens with one attached hydrogen (secondary N) is 1. The highest BCUT2D eigenvalue weighted by atomic mass is 127. The molecule has 5 nitrogen and oxygen atoms in total. The summed E-state index contributed by atoms with van der Waals surface area (Å²) in [6.45, 7) is 9.03. The molecule has 1 aliphatic heterocycles. The van der Waals surface area contributed by atoms with E-state index in [0.29, 0.717) is 6.61 Å². The molecule has 0 saturated carbocycles. The zero-order valence-electron chi connectivity index (χ0n) is 14.7. The lowest BCUT2D eigenvalue weighted by molar-refractivity contribution is 0.0469. The molecule has 24 heavy (non-hydrogen) atoms. The van der Waals surface area contributed by atoms with E-state index in [1.165, 1.54) is 3.57 Å². The Morgan fingerprint density at radius 2 is 2.04 bits per heavy atom. The largest absolute Gasteiger partial charge is 0.492 e. The van der Waals surface area contributed by atoms with Gasteiger partial charge in [-0.1, -0.05) is 0 Å². The maximum Gasteiger partial charge on any atom is 0.407 e. The number of alkyl carbamates (subject to hydrolysis) is 1. The fourth-order valence-corrected chi connectivity index (χ4v) is 3.03. The van der Waals surface area contributed by atoms with Gasteiger partial charge in [-0.2, -0.15) is 0 Å². The topological polar surface area (TPSA) is 50.8 Å². The predicted molar refractivity (Wildman–Crippen MR) is 103 cm³/mol. The van der Waals surface area contributed by atoms with Crippen molar-refractivity contribution >= 4 is 28.7 Å². The van der Waals surface area contributed by atoms with E-state index < -0.39 is 5.60 Å². The van der Waals surface area contributed by atoms with Gasteiger partial charge in [0.2, 0.25) is 0 Å². The maximum atomic E-state index is 11.9. The first-order valence-electron chi connectivity index (χ1n) is 8.42. The Balaban J connectivity index is 1.70. The van der Waals surface area contributed by atoms with Gasteiger partial charge in [0.25, 0.3) is 0 Å². The van der Waals surface area contributed by atoms with Crippen molar-refractivity contribution in [2.75, 3.05) is 26.2 Å². The molecule has 0 aromatic heterocycles. The van der Waals surface area contributed by atoms with Crippen LogP contribution in [-0.2, 0) is 4.74 Å². The number of ether oxygens (including phenoxy) is 2. The van der Waals surface area contributed by atoms with Gasteiger partial charge in [-0.05, 0) is 87.0 Å². The molecule has 1 atom stereocenters. The number of likely N-dealkylation sites (tertiary alicyclic amines) is 1. The lowest BCUT2D eigenvalue weighted by Gasteiger charge is -2.33. The first-order valence-corrected chi connectivity index (χ1v) is 9.50. The Kier molecular flexibility index (Phi) is 7.16.